The van der Waals surface area contributed by atoms with E-state index in [2.05, 4.69) is 6.08 Å². The zero-order valence-electron chi connectivity index (χ0n) is 24.0. The van der Waals surface area contributed by atoms with Crippen LogP contribution < -0.4 is 0 Å². The number of rotatable bonds is 8. The lowest BCUT2D eigenvalue weighted by atomic mass is 9.39. The van der Waals surface area contributed by atoms with Crippen molar-refractivity contribution in [2.75, 3.05) is 0 Å². The van der Waals surface area contributed by atoms with Gasteiger partial charge in [-0.2, -0.15) is 0 Å². The zero-order chi connectivity index (χ0) is 27.4. The lowest BCUT2D eigenvalue weighted by molar-refractivity contribution is -0.178. The van der Waals surface area contributed by atoms with Crippen molar-refractivity contribution in [2.24, 2.45) is 28.1 Å². The van der Waals surface area contributed by atoms with E-state index in [9.17, 15) is 19.5 Å². The van der Waals surface area contributed by atoms with E-state index in [1.165, 1.54) is 5.57 Å². The van der Waals surface area contributed by atoms with E-state index in [0.717, 1.165) is 5.57 Å². The van der Waals surface area contributed by atoms with Gasteiger partial charge < -0.3 is 9.84 Å². The average Bonchev–Trinajstić information content (AvgIpc) is 3.23. The summed E-state index contributed by atoms with van der Waals surface area (Å²) in [4.78, 5) is 43.8. The molecular weight excluding hydrogens is 452 g/mol. The second-order valence-electron chi connectivity index (χ2n) is 13.1. The summed E-state index contributed by atoms with van der Waals surface area (Å²) in [7, 11) is 0. The van der Waals surface area contributed by atoms with Crippen molar-refractivity contribution < 1.29 is 24.2 Å². The van der Waals surface area contributed by atoms with Crippen LogP contribution in [0, 0.1) is 28.1 Å². The van der Waals surface area contributed by atoms with Gasteiger partial charge in [0.05, 0.1) is 11.0 Å². The minimum atomic E-state index is -1.76. The highest BCUT2D eigenvalue weighted by molar-refractivity contribution is 6.33. The van der Waals surface area contributed by atoms with Crippen LogP contribution in [-0.2, 0) is 19.1 Å². The van der Waals surface area contributed by atoms with Crippen LogP contribution in [0.25, 0.3) is 0 Å². The zero-order valence-corrected chi connectivity index (χ0v) is 24.0. The molecule has 0 amide bonds. The Morgan fingerprint density at radius 3 is 2.22 bits per heavy atom. The van der Waals surface area contributed by atoms with Crippen LogP contribution in [0.3, 0.4) is 0 Å². The third-order valence-corrected chi connectivity index (χ3v) is 9.22. The number of ketones is 3. The Morgan fingerprint density at radius 1 is 1.14 bits per heavy atom. The molecule has 2 bridgehead atoms. The first-order chi connectivity index (χ1) is 16.5. The van der Waals surface area contributed by atoms with Crippen molar-refractivity contribution >= 4 is 17.3 Å². The maximum absolute atomic E-state index is 14.9. The Morgan fingerprint density at radius 2 is 1.72 bits per heavy atom. The van der Waals surface area contributed by atoms with Gasteiger partial charge in [0, 0.05) is 17.9 Å². The normalized spacial score (nSPS) is 32.0. The minimum Gasteiger partial charge on any atom is -0.490 e. The van der Waals surface area contributed by atoms with Gasteiger partial charge in [-0.15, -0.1) is 0 Å². The van der Waals surface area contributed by atoms with Crippen molar-refractivity contribution in [1.29, 1.82) is 0 Å². The van der Waals surface area contributed by atoms with E-state index in [-0.39, 0.29) is 29.7 Å². The van der Waals surface area contributed by atoms with E-state index < -0.39 is 33.9 Å². The first-order valence-electron chi connectivity index (χ1n) is 13.5. The number of carbonyl (C=O) groups is 3. The Labute approximate surface area is 217 Å². The van der Waals surface area contributed by atoms with Crippen molar-refractivity contribution in [3.63, 3.8) is 0 Å². The molecule has 200 valence electrons. The summed E-state index contributed by atoms with van der Waals surface area (Å²) >= 11 is 0. The summed E-state index contributed by atoms with van der Waals surface area (Å²) < 4.78 is 6.38. The number of Topliss-reactive ketones (excluding diaryl/α,β-unsaturated/α-hetero) is 3. The first kappa shape index (κ1) is 28.6. The molecule has 1 fully saturated rings. The molecule has 3 aliphatic rings. The third-order valence-electron chi connectivity index (χ3n) is 9.22. The second kappa shape index (κ2) is 9.38. The SMILES string of the molecule is CC[C@H](C)C(=O)[C@]12C(=O)C3=C(O[C@@H](C(C)(C)O)C3)[C@](CC=C(C)C)(C[C@@H](CC=C(C)C)C1(C)C)C2=O. The number of ether oxygens (including phenoxy) is 1. The molecule has 0 unspecified atom stereocenters. The van der Waals surface area contributed by atoms with Crippen LogP contribution in [0.4, 0.5) is 0 Å². The molecule has 36 heavy (non-hydrogen) atoms. The molecule has 5 nitrogen and oxygen atoms in total. The van der Waals surface area contributed by atoms with Gasteiger partial charge >= 0.3 is 0 Å². The largest absolute Gasteiger partial charge is 0.490 e. The van der Waals surface area contributed by atoms with Crippen LogP contribution >= 0.6 is 0 Å². The Balaban J connectivity index is 2.39. The van der Waals surface area contributed by atoms with Crippen LogP contribution in [0.15, 0.2) is 34.6 Å². The molecule has 0 saturated heterocycles. The fourth-order valence-corrected chi connectivity index (χ4v) is 6.57. The maximum atomic E-state index is 14.9. The van der Waals surface area contributed by atoms with Crippen molar-refractivity contribution in [1.82, 2.24) is 0 Å². The fraction of sp³-hybridized carbons (Fsp3) is 0.710. The van der Waals surface area contributed by atoms with Crippen LogP contribution in [0.1, 0.15) is 101 Å². The average molecular weight is 499 g/mol. The molecule has 0 spiro atoms. The summed E-state index contributed by atoms with van der Waals surface area (Å²) in [6.45, 7) is 19.1. The molecule has 3 rings (SSSR count). The molecule has 1 aliphatic heterocycles. The monoisotopic (exact) mass is 498 g/mol. The molecule has 1 N–H and O–H groups in total. The number of aliphatic hydroxyl groups is 1. The van der Waals surface area contributed by atoms with Gasteiger partial charge in [-0.1, -0.05) is 51.0 Å². The predicted octanol–water partition coefficient (Wildman–Crippen LogP) is 6.30. The van der Waals surface area contributed by atoms with Gasteiger partial charge in [0.15, 0.2) is 22.8 Å². The number of allylic oxidation sites excluding steroid dienone is 5. The molecule has 0 aromatic carbocycles. The lowest BCUT2D eigenvalue weighted by Crippen LogP contribution is -2.70. The number of carbonyl (C=O) groups excluding carboxylic acids is 3. The van der Waals surface area contributed by atoms with Crippen LogP contribution in [0.2, 0.25) is 0 Å². The third kappa shape index (κ3) is 4.06. The van der Waals surface area contributed by atoms with Gasteiger partial charge in [0.25, 0.3) is 0 Å². The van der Waals surface area contributed by atoms with E-state index in [1.807, 2.05) is 61.5 Å². The molecule has 0 radical (unpaired) electrons. The second-order valence-corrected chi connectivity index (χ2v) is 13.1. The van der Waals surface area contributed by atoms with Gasteiger partial charge in [-0.3, -0.25) is 14.4 Å². The Hall–Kier alpha value is -2.01. The molecule has 0 aromatic heterocycles. The van der Waals surface area contributed by atoms with Gasteiger partial charge in [-0.05, 0) is 78.6 Å². The Bertz CT molecular complexity index is 1040. The maximum Gasteiger partial charge on any atom is 0.184 e. The lowest BCUT2D eigenvalue weighted by Gasteiger charge is -2.59. The summed E-state index contributed by atoms with van der Waals surface area (Å²) in [5, 5.41) is 10.8. The molecule has 5 atom stereocenters. The fourth-order valence-electron chi connectivity index (χ4n) is 6.57. The van der Waals surface area contributed by atoms with Gasteiger partial charge in [-0.25, -0.2) is 0 Å². The Kier molecular flexibility index (Phi) is 7.44. The molecule has 2 aliphatic carbocycles. The van der Waals surface area contributed by atoms with E-state index in [1.54, 1.807) is 13.8 Å². The van der Waals surface area contributed by atoms with E-state index in [0.29, 0.717) is 37.0 Å². The summed E-state index contributed by atoms with van der Waals surface area (Å²) in [5.41, 5.74) is -2.25. The highest BCUT2D eigenvalue weighted by atomic mass is 16.5. The molecule has 0 aromatic rings. The number of fused-ring (bicyclic) bond motifs is 3. The summed E-state index contributed by atoms with van der Waals surface area (Å²) in [6, 6.07) is 0. The topological polar surface area (TPSA) is 80.7 Å². The van der Waals surface area contributed by atoms with Gasteiger partial charge in [0.1, 0.15) is 11.9 Å². The molecule has 1 saturated carbocycles. The minimum absolute atomic E-state index is 0.0774. The van der Waals surface area contributed by atoms with Crippen LogP contribution in [0.5, 0.6) is 0 Å². The summed E-state index contributed by atoms with van der Waals surface area (Å²) in [6.07, 6.45) is 5.90. The van der Waals surface area contributed by atoms with Crippen LogP contribution in [-0.4, -0.2) is 34.2 Å². The summed E-state index contributed by atoms with van der Waals surface area (Å²) in [5.74, 6) is -1.03. The quantitative estimate of drug-likeness (QED) is 0.314. The molecular formula is C31H46O5. The number of hydrogen-bond acceptors (Lipinski definition) is 5. The van der Waals surface area contributed by atoms with E-state index in [4.69, 9.17) is 4.74 Å². The molecule has 5 heteroatoms. The molecule has 1 heterocycles. The van der Waals surface area contributed by atoms with E-state index >= 15 is 0 Å². The first-order valence-corrected chi connectivity index (χ1v) is 13.5. The predicted molar refractivity (Wildman–Crippen MR) is 142 cm³/mol. The highest BCUT2D eigenvalue weighted by Gasteiger charge is 2.76. The van der Waals surface area contributed by atoms with Gasteiger partial charge in [0.2, 0.25) is 0 Å². The smallest absolute Gasteiger partial charge is 0.184 e. The van der Waals surface area contributed by atoms with Crippen molar-refractivity contribution in [3.8, 4) is 0 Å². The highest BCUT2D eigenvalue weighted by Crippen LogP contribution is 2.67. The van der Waals surface area contributed by atoms with Crippen molar-refractivity contribution in [3.05, 3.63) is 34.6 Å². The number of hydrogen-bond donors (Lipinski definition) is 1. The standard InChI is InChI=1S/C31H46O5/c1-11-20(6)24(32)31-25(33)22-16-23(29(9,10)35)36-26(22)30(27(31)34,15-14-19(4)5)17-21(28(31,7)8)13-12-18(2)3/h12,14,20-21,23,35H,11,13,15-17H2,1-10H3/t20-,21+,23+,30-,31+/m0/s1. The van der Waals surface area contributed by atoms with Crippen molar-refractivity contribution in [2.45, 2.75) is 113 Å².